The molecule has 0 aromatic heterocycles. The van der Waals surface area contributed by atoms with Crippen LogP contribution in [0.1, 0.15) is 137 Å². The van der Waals surface area contributed by atoms with Gasteiger partial charge in [-0.2, -0.15) is 0 Å². The van der Waals surface area contributed by atoms with Crippen molar-refractivity contribution in [1.29, 1.82) is 0 Å². The molecule has 4 rings (SSSR count). The Labute approximate surface area is 217 Å². The lowest BCUT2D eigenvalue weighted by Gasteiger charge is -2.58. The van der Waals surface area contributed by atoms with E-state index < -0.39 is 0 Å². The highest BCUT2D eigenvalue weighted by Gasteiger charge is 2.59. The zero-order valence-electron chi connectivity index (χ0n) is 24.4. The van der Waals surface area contributed by atoms with Crippen LogP contribution < -0.4 is 0 Å². The van der Waals surface area contributed by atoms with Gasteiger partial charge in [-0.25, -0.2) is 0 Å². The molecule has 0 heterocycles. The topological polar surface area (TPSA) is 40.5 Å². The van der Waals surface area contributed by atoms with Crippen molar-refractivity contribution in [3.63, 3.8) is 0 Å². The molecule has 3 fully saturated rings. The fourth-order valence-corrected chi connectivity index (χ4v) is 8.59. The molecule has 0 bridgehead atoms. The first kappa shape index (κ1) is 29.9. The van der Waals surface area contributed by atoms with E-state index in [4.69, 9.17) is 0 Å². The Hall–Kier alpha value is -0.340. The zero-order chi connectivity index (χ0) is 25.7. The standard InChI is InChI=1S/C27H46O2.C3H8.C2H6.3H2/c1-17(2)25(29)11-6-18(3)22-9-10-23-21-8-7-19-16-20(28)12-14-26(19,4)24(21)13-15-27(22,23)5;1-3-2;1-2;;;/h7,17-18,20-25,28-29H,6,8-16H2,1-5H3;3H2,1-2H3;1-2H3;3*1H/t18-,20+,21+,22?,23?,24?,25+,26+,27-;;;;;/m1...../s1. The highest BCUT2D eigenvalue weighted by Crippen LogP contribution is 2.67. The summed E-state index contributed by atoms with van der Waals surface area (Å²) >= 11 is 0. The monoisotopic (exact) mass is 483 g/mol. The summed E-state index contributed by atoms with van der Waals surface area (Å²) in [6, 6.07) is 0. The third-order valence-corrected chi connectivity index (χ3v) is 10.5. The summed E-state index contributed by atoms with van der Waals surface area (Å²) in [6.45, 7) is 20.2. The van der Waals surface area contributed by atoms with E-state index in [-0.39, 0.29) is 16.5 Å². The van der Waals surface area contributed by atoms with Crippen molar-refractivity contribution >= 4 is 0 Å². The van der Waals surface area contributed by atoms with E-state index in [1.165, 1.54) is 51.4 Å². The molecule has 9 atom stereocenters. The van der Waals surface area contributed by atoms with Crippen LogP contribution in [0.3, 0.4) is 0 Å². The number of rotatable bonds is 5. The molecule has 206 valence electrons. The summed E-state index contributed by atoms with van der Waals surface area (Å²) in [4.78, 5) is 0. The third kappa shape index (κ3) is 5.96. The summed E-state index contributed by atoms with van der Waals surface area (Å²) in [5, 5.41) is 20.5. The van der Waals surface area contributed by atoms with Gasteiger partial charge in [0, 0.05) is 4.28 Å². The Kier molecular flexibility index (Phi) is 11.2. The van der Waals surface area contributed by atoms with Crippen LogP contribution in [-0.4, -0.2) is 22.4 Å². The number of hydrogen-bond acceptors (Lipinski definition) is 2. The number of allylic oxidation sites excluding steroid dienone is 1. The van der Waals surface area contributed by atoms with E-state index in [9.17, 15) is 10.2 Å². The number of aliphatic hydroxyl groups is 2. The maximum atomic E-state index is 10.3. The van der Waals surface area contributed by atoms with Gasteiger partial charge in [-0.1, -0.05) is 80.4 Å². The van der Waals surface area contributed by atoms with Gasteiger partial charge in [-0.05, 0) is 111 Å². The Bertz CT molecular complexity index is 654. The van der Waals surface area contributed by atoms with Crippen molar-refractivity contribution in [1.82, 2.24) is 0 Å². The lowest BCUT2D eigenvalue weighted by atomic mass is 9.47. The van der Waals surface area contributed by atoms with Gasteiger partial charge < -0.3 is 10.2 Å². The van der Waals surface area contributed by atoms with Crippen LogP contribution in [0.4, 0.5) is 0 Å². The van der Waals surface area contributed by atoms with Gasteiger partial charge in [0.1, 0.15) is 0 Å². The van der Waals surface area contributed by atoms with Gasteiger partial charge in [0.25, 0.3) is 0 Å². The van der Waals surface area contributed by atoms with Crippen molar-refractivity contribution in [3.05, 3.63) is 11.6 Å². The zero-order valence-corrected chi connectivity index (χ0v) is 24.4. The lowest BCUT2D eigenvalue weighted by Crippen LogP contribution is -2.50. The molecule has 0 amide bonds. The van der Waals surface area contributed by atoms with Crippen LogP contribution >= 0.6 is 0 Å². The molecule has 3 saturated carbocycles. The van der Waals surface area contributed by atoms with Crippen LogP contribution in [0.15, 0.2) is 11.6 Å². The first-order valence-corrected chi connectivity index (χ1v) is 15.1. The van der Waals surface area contributed by atoms with Crippen LogP contribution in [0.5, 0.6) is 0 Å². The molecule has 34 heavy (non-hydrogen) atoms. The van der Waals surface area contributed by atoms with Gasteiger partial charge in [0.05, 0.1) is 12.2 Å². The second kappa shape index (κ2) is 12.8. The maximum Gasteiger partial charge on any atom is 0.0577 e. The molecular formula is C32H66O2. The predicted molar refractivity (Wildman–Crippen MR) is 154 cm³/mol. The van der Waals surface area contributed by atoms with E-state index in [1.54, 1.807) is 5.57 Å². The minimum absolute atomic E-state index is 0. The molecule has 0 aromatic carbocycles. The normalized spacial score (nSPS) is 40.4. The molecular weight excluding hydrogens is 416 g/mol. The molecule has 2 heteroatoms. The number of fused-ring (bicyclic) bond motifs is 5. The second-order valence-electron chi connectivity index (χ2n) is 13.0. The fraction of sp³-hybridized carbons (Fsp3) is 0.938. The molecule has 4 aliphatic rings. The summed E-state index contributed by atoms with van der Waals surface area (Å²) in [5.41, 5.74) is 2.44. The van der Waals surface area contributed by atoms with Crippen LogP contribution in [0.2, 0.25) is 0 Å². The number of aliphatic hydroxyl groups excluding tert-OH is 2. The molecule has 2 nitrogen and oxygen atoms in total. The molecule has 0 radical (unpaired) electrons. The minimum atomic E-state index is -0.137. The molecule has 0 aliphatic heterocycles. The van der Waals surface area contributed by atoms with Crippen LogP contribution in [0, 0.1) is 46.3 Å². The highest BCUT2D eigenvalue weighted by atomic mass is 16.3. The van der Waals surface area contributed by atoms with Gasteiger partial charge >= 0.3 is 0 Å². The average Bonchev–Trinajstić information content (AvgIpc) is 3.17. The van der Waals surface area contributed by atoms with Gasteiger partial charge in [0.2, 0.25) is 0 Å². The maximum absolute atomic E-state index is 10.3. The number of hydrogen-bond donors (Lipinski definition) is 2. The van der Waals surface area contributed by atoms with E-state index >= 15 is 0 Å². The van der Waals surface area contributed by atoms with Gasteiger partial charge in [-0.3, -0.25) is 0 Å². The molecule has 0 aromatic rings. The highest BCUT2D eigenvalue weighted by molar-refractivity contribution is 5.25. The first-order valence-electron chi connectivity index (χ1n) is 15.1. The smallest absolute Gasteiger partial charge is 0.0577 e. The summed E-state index contributed by atoms with van der Waals surface area (Å²) in [7, 11) is 0. The van der Waals surface area contributed by atoms with Crippen molar-refractivity contribution in [2.75, 3.05) is 0 Å². The summed E-state index contributed by atoms with van der Waals surface area (Å²) in [6.07, 6.45) is 15.7. The van der Waals surface area contributed by atoms with Crippen molar-refractivity contribution in [2.24, 2.45) is 46.3 Å². The third-order valence-electron chi connectivity index (χ3n) is 10.5. The van der Waals surface area contributed by atoms with E-state index in [0.29, 0.717) is 16.7 Å². The first-order chi connectivity index (χ1) is 16.1. The SMILES string of the molecule is CC.CC(C)[C@@H](O)CC[C@@H](C)C1CCC2[C@@H]3CC=C4C[C@@H](O)CC[C@]4(C)C3CC[C@@]21C.CCC.[HH].[HH].[HH]. The van der Waals surface area contributed by atoms with Gasteiger partial charge in [0.15, 0.2) is 0 Å². The fourth-order valence-electron chi connectivity index (χ4n) is 8.59. The van der Waals surface area contributed by atoms with Crippen molar-refractivity contribution in [3.8, 4) is 0 Å². The average molecular weight is 483 g/mol. The van der Waals surface area contributed by atoms with Crippen LogP contribution in [-0.2, 0) is 0 Å². The second-order valence-corrected chi connectivity index (χ2v) is 13.0. The molecule has 3 unspecified atom stereocenters. The largest absolute Gasteiger partial charge is 0.393 e. The summed E-state index contributed by atoms with van der Waals surface area (Å²) in [5.74, 6) is 4.51. The molecule has 2 N–H and O–H groups in total. The van der Waals surface area contributed by atoms with E-state index in [1.807, 2.05) is 13.8 Å². The van der Waals surface area contributed by atoms with E-state index in [0.717, 1.165) is 48.9 Å². The Morgan fingerprint density at radius 2 is 1.62 bits per heavy atom. The van der Waals surface area contributed by atoms with Crippen molar-refractivity contribution < 1.29 is 14.5 Å². The Morgan fingerprint density at radius 1 is 0.971 bits per heavy atom. The van der Waals surface area contributed by atoms with Crippen molar-refractivity contribution in [2.45, 2.75) is 145 Å². The minimum Gasteiger partial charge on any atom is -0.393 e. The Balaban J connectivity index is 0. The van der Waals surface area contributed by atoms with Gasteiger partial charge in [-0.15, -0.1) is 0 Å². The molecule has 4 aliphatic carbocycles. The lowest BCUT2D eigenvalue weighted by molar-refractivity contribution is -0.0579. The van der Waals surface area contributed by atoms with E-state index in [2.05, 4.69) is 54.5 Å². The predicted octanol–water partition coefficient (Wildman–Crippen LogP) is 9.54. The molecule has 0 saturated heterocycles. The Morgan fingerprint density at radius 3 is 2.24 bits per heavy atom. The summed E-state index contributed by atoms with van der Waals surface area (Å²) < 4.78 is 0. The van der Waals surface area contributed by atoms with Crippen LogP contribution in [0.25, 0.3) is 0 Å². The quantitative estimate of drug-likeness (QED) is 0.383. The molecule has 0 spiro atoms.